The van der Waals surface area contributed by atoms with Gasteiger partial charge in [0.25, 0.3) is 0 Å². The average Bonchev–Trinajstić information content (AvgIpc) is 2.18. The van der Waals surface area contributed by atoms with Gasteiger partial charge in [0.05, 0.1) is 6.04 Å². The van der Waals surface area contributed by atoms with Crippen LogP contribution in [0.2, 0.25) is 0 Å². The molecule has 0 aromatic carbocycles. The van der Waals surface area contributed by atoms with E-state index in [2.05, 4.69) is 5.32 Å². The first-order chi connectivity index (χ1) is 7.56. The van der Waals surface area contributed by atoms with Crippen molar-refractivity contribution in [3.05, 3.63) is 0 Å². The molecule has 0 spiro atoms. The van der Waals surface area contributed by atoms with Crippen molar-refractivity contribution in [2.24, 2.45) is 0 Å². The molecule has 0 aromatic rings. The van der Waals surface area contributed by atoms with Crippen LogP contribution in [0.4, 0.5) is 0 Å². The van der Waals surface area contributed by atoms with Gasteiger partial charge in [0, 0.05) is 18.4 Å². The van der Waals surface area contributed by atoms with Crippen molar-refractivity contribution < 1.29 is 9.90 Å². The molecule has 5 heteroatoms. The number of nitrogens with one attached hydrogen (secondary N) is 1. The van der Waals surface area contributed by atoms with E-state index in [1.807, 2.05) is 32.2 Å². The summed E-state index contributed by atoms with van der Waals surface area (Å²) in [5.74, 6) is 0.899. The number of rotatable bonds is 8. The molecule has 96 valence electrons. The number of amides is 1. The van der Waals surface area contributed by atoms with Crippen LogP contribution >= 0.6 is 11.8 Å². The second kappa shape index (κ2) is 8.84. The summed E-state index contributed by atoms with van der Waals surface area (Å²) in [4.78, 5) is 13.9. The zero-order valence-corrected chi connectivity index (χ0v) is 11.5. The molecule has 0 heterocycles. The fraction of sp³-hybridized carbons (Fsp3) is 0.909. The maximum absolute atomic E-state index is 11.9. The van der Waals surface area contributed by atoms with Gasteiger partial charge in [0.2, 0.25) is 5.91 Å². The number of thioether (sulfide) groups is 1. The van der Waals surface area contributed by atoms with E-state index in [9.17, 15) is 4.79 Å². The lowest BCUT2D eigenvalue weighted by molar-refractivity contribution is -0.126. The van der Waals surface area contributed by atoms with Gasteiger partial charge in [-0.2, -0.15) is 11.8 Å². The molecule has 2 N–H and O–H groups in total. The van der Waals surface area contributed by atoms with Crippen molar-refractivity contribution in [2.75, 3.05) is 32.7 Å². The molecular formula is C11H24N2O2S. The molecular weight excluding hydrogens is 224 g/mol. The summed E-state index contributed by atoms with van der Waals surface area (Å²) in [7, 11) is 3.81. The molecule has 16 heavy (non-hydrogen) atoms. The van der Waals surface area contributed by atoms with Crippen LogP contribution in [0.3, 0.4) is 0 Å². The van der Waals surface area contributed by atoms with Crippen molar-refractivity contribution in [3.8, 4) is 0 Å². The molecule has 0 fully saturated rings. The number of hydrogen-bond donors (Lipinski definition) is 2. The fourth-order valence-electron chi connectivity index (χ4n) is 1.64. The van der Waals surface area contributed by atoms with E-state index in [0.29, 0.717) is 6.42 Å². The summed E-state index contributed by atoms with van der Waals surface area (Å²) < 4.78 is 0. The van der Waals surface area contributed by atoms with Crippen molar-refractivity contribution in [1.29, 1.82) is 0 Å². The Kier molecular flexibility index (Phi) is 8.70. The standard InChI is InChI=1S/C11H24N2O2S/c1-5-10(13(2)3)11(15)12-9(6-7-14)8-16-4/h9-10,14H,5-8H2,1-4H3,(H,12,15). The van der Waals surface area contributed by atoms with E-state index in [-0.39, 0.29) is 24.6 Å². The van der Waals surface area contributed by atoms with Crippen LogP contribution in [0.25, 0.3) is 0 Å². The first-order valence-electron chi connectivity index (χ1n) is 5.63. The Balaban J connectivity index is 4.25. The van der Waals surface area contributed by atoms with Crippen LogP contribution in [-0.2, 0) is 4.79 Å². The van der Waals surface area contributed by atoms with Crippen molar-refractivity contribution >= 4 is 17.7 Å². The van der Waals surface area contributed by atoms with Gasteiger partial charge in [-0.05, 0) is 33.2 Å². The van der Waals surface area contributed by atoms with Crippen molar-refractivity contribution in [3.63, 3.8) is 0 Å². The number of hydrogen-bond acceptors (Lipinski definition) is 4. The third-order valence-corrected chi connectivity index (χ3v) is 3.24. The summed E-state index contributed by atoms with van der Waals surface area (Å²) in [5.41, 5.74) is 0. The van der Waals surface area contributed by atoms with Gasteiger partial charge in [-0.3, -0.25) is 9.69 Å². The predicted molar refractivity (Wildman–Crippen MR) is 69.8 cm³/mol. The van der Waals surface area contributed by atoms with Gasteiger partial charge in [-0.1, -0.05) is 6.92 Å². The SMILES string of the molecule is CCC(C(=O)NC(CCO)CSC)N(C)C. The Hall–Kier alpha value is -0.260. The fourth-order valence-corrected chi connectivity index (χ4v) is 2.29. The first kappa shape index (κ1) is 15.7. The van der Waals surface area contributed by atoms with Gasteiger partial charge in [-0.15, -0.1) is 0 Å². The lowest BCUT2D eigenvalue weighted by Crippen LogP contribution is -2.48. The van der Waals surface area contributed by atoms with Crippen LogP contribution in [0, 0.1) is 0 Å². The van der Waals surface area contributed by atoms with Gasteiger partial charge >= 0.3 is 0 Å². The molecule has 0 radical (unpaired) electrons. The summed E-state index contributed by atoms with van der Waals surface area (Å²) >= 11 is 1.68. The number of aliphatic hydroxyl groups is 1. The second-order valence-corrected chi connectivity index (χ2v) is 4.97. The van der Waals surface area contributed by atoms with Crippen LogP contribution < -0.4 is 5.32 Å². The van der Waals surface area contributed by atoms with Gasteiger partial charge < -0.3 is 10.4 Å². The molecule has 0 aromatic heterocycles. The molecule has 0 bridgehead atoms. The molecule has 0 saturated carbocycles. The number of carbonyl (C=O) groups excluding carboxylic acids is 1. The zero-order chi connectivity index (χ0) is 12.6. The molecule has 0 rings (SSSR count). The lowest BCUT2D eigenvalue weighted by Gasteiger charge is -2.25. The quantitative estimate of drug-likeness (QED) is 0.659. The van der Waals surface area contributed by atoms with Gasteiger partial charge in [-0.25, -0.2) is 0 Å². The third-order valence-electron chi connectivity index (χ3n) is 2.50. The van der Waals surface area contributed by atoms with Crippen LogP contribution in [-0.4, -0.2) is 60.7 Å². The minimum atomic E-state index is -0.0805. The van der Waals surface area contributed by atoms with Crippen LogP contribution in [0.5, 0.6) is 0 Å². The average molecular weight is 248 g/mol. The highest BCUT2D eigenvalue weighted by Crippen LogP contribution is 2.04. The molecule has 0 saturated heterocycles. The lowest BCUT2D eigenvalue weighted by atomic mass is 10.1. The van der Waals surface area contributed by atoms with Crippen molar-refractivity contribution in [2.45, 2.75) is 31.8 Å². The van der Waals surface area contributed by atoms with Crippen LogP contribution in [0.15, 0.2) is 0 Å². The highest BCUT2D eigenvalue weighted by atomic mass is 32.2. The highest BCUT2D eigenvalue weighted by Gasteiger charge is 2.21. The minimum absolute atomic E-state index is 0.0556. The topological polar surface area (TPSA) is 52.6 Å². The van der Waals surface area contributed by atoms with E-state index in [1.165, 1.54) is 0 Å². The minimum Gasteiger partial charge on any atom is -0.396 e. The molecule has 2 unspecified atom stereocenters. The monoisotopic (exact) mass is 248 g/mol. The first-order valence-corrected chi connectivity index (χ1v) is 7.02. The van der Waals surface area contributed by atoms with Crippen LogP contribution in [0.1, 0.15) is 19.8 Å². The Labute approximate surface area is 103 Å². The molecule has 4 nitrogen and oxygen atoms in total. The molecule has 0 aliphatic carbocycles. The summed E-state index contributed by atoms with van der Waals surface area (Å²) in [6.07, 6.45) is 3.42. The molecule has 0 aliphatic heterocycles. The molecule has 0 aliphatic rings. The Morgan fingerprint density at radius 2 is 2.12 bits per heavy atom. The smallest absolute Gasteiger partial charge is 0.237 e. The number of likely N-dealkylation sites (N-methyl/N-ethyl adjacent to an activating group) is 1. The normalized spacial score (nSPS) is 14.9. The Morgan fingerprint density at radius 3 is 2.50 bits per heavy atom. The number of carbonyl (C=O) groups is 1. The van der Waals surface area contributed by atoms with Gasteiger partial charge in [0.15, 0.2) is 0 Å². The Bertz CT molecular complexity index is 194. The largest absolute Gasteiger partial charge is 0.396 e. The van der Waals surface area contributed by atoms with E-state index >= 15 is 0 Å². The van der Waals surface area contributed by atoms with Crippen molar-refractivity contribution in [1.82, 2.24) is 10.2 Å². The second-order valence-electron chi connectivity index (χ2n) is 4.06. The van der Waals surface area contributed by atoms with E-state index in [0.717, 1.165) is 12.2 Å². The number of nitrogens with zero attached hydrogens (tertiary/aromatic N) is 1. The molecule has 1 amide bonds. The van der Waals surface area contributed by atoms with E-state index < -0.39 is 0 Å². The van der Waals surface area contributed by atoms with Gasteiger partial charge in [0.1, 0.15) is 0 Å². The maximum atomic E-state index is 11.9. The summed E-state index contributed by atoms with van der Waals surface area (Å²) in [5, 5.41) is 11.9. The number of aliphatic hydroxyl groups excluding tert-OH is 1. The third kappa shape index (κ3) is 5.72. The van der Waals surface area contributed by atoms with E-state index in [1.54, 1.807) is 11.8 Å². The highest BCUT2D eigenvalue weighted by molar-refractivity contribution is 7.98. The maximum Gasteiger partial charge on any atom is 0.237 e. The Morgan fingerprint density at radius 1 is 1.50 bits per heavy atom. The summed E-state index contributed by atoms with van der Waals surface area (Å²) in [6.45, 7) is 2.12. The van der Waals surface area contributed by atoms with E-state index in [4.69, 9.17) is 5.11 Å². The molecule has 2 atom stereocenters. The summed E-state index contributed by atoms with van der Waals surface area (Å²) in [6, 6.07) is -0.00968. The predicted octanol–water partition coefficient (Wildman–Crippen LogP) is 0.557. The zero-order valence-electron chi connectivity index (χ0n) is 10.7.